The Hall–Kier alpha value is -1.98. The molecule has 2 aromatic carbocycles. The van der Waals surface area contributed by atoms with Crippen molar-refractivity contribution in [1.29, 1.82) is 0 Å². The zero-order valence-electron chi connectivity index (χ0n) is 13.3. The first kappa shape index (κ1) is 16.9. The highest BCUT2D eigenvalue weighted by Crippen LogP contribution is 2.39. The first-order chi connectivity index (χ1) is 11.5. The van der Waals surface area contributed by atoms with Crippen LogP contribution < -0.4 is 4.72 Å². The molecule has 1 fully saturated rings. The maximum Gasteiger partial charge on any atom is 0.234 e. The van der Waals surface area contributed by atoms with Crippen molar-refractivity contribution >= 4 is 16.1 Å². The van der Waals surface area contributed by atoms with E-state index in [9.17, 15) is 12.8 Å². The summed E-state index contributed by atoms with van der Waals surface area (Å²) in [7, 11) is -3.60. The second kappa shape index (κ2) is 6.87. The van der Waals surface area contributed by atoms with Gasteiger partial charge in [0.05, 0.1) is 5.54 Å². The van der Waals surface area contributed by atoms with Gasteiger partial charge < -0.3 is 0 Å². The summed E-state index contributed by atoms with van der Waals surface area (Å²) >= 11 is 0. The maximum absolute atomic E-state index is 13.2. The van der Waals surface area contributed by atoms with Crippen molar-refractivity contribution in [2.24, 2.45) is 0 Å². The molecule has 0 spiro atoms. The molecule has 0 amide bonds. The van der Waals surface area contributed by atoms with E-state index in [1.165, 1.54) is 17.5 Å². The number of hydrogen-bond acceptors (Lipinski definition) is 2. The molecule has 0 saturated heterocycles. The average Bonchev–Trinajstić information content (AvgIpc) is 3.03. The van der Waals surface area contributed by atoms with Crippen LogP contribution in [0.15, 0.2) is 60.0 Å². The third-order valence-electron chi connectivity index (χ3n) is 4.43. The van der Waals surface area contributed by atoms with Crippen molar-refractivity contribution in [2.45, 2.75) is 31.2 Å². The molecule has 0 bridgehead atoms. The maximum atomic E-state index is 13.2. The molecule has 2 aromatic rings. The van der Waals surface area contributed by atoms with Gasteiger partial charge in [-0.3, -0.25) is 0 Å². The van der Waals surface area contributed by atoms with E-state index in [0.717, 1.165) is 36.8 Å². The molecule has 0 radical (unpaired) electrons. The van der Waals surface area contributed by atoms with Crippen LogP contribution in [-0.2, 0) is 15.6 Å². The van der Waals surface area contributed by atoms with E-state index in [4.69, 9.17) is 0 Å². The Bertz CT molecular complexity index is 808. The highest BCUT2D eigenvalue weighted by atomic mass is 32.2. The zero-order valence-corrected chi connectivity index (χ0v) is 14.1. The van der Waals surface area contributed by atoms with Crippen molar-refractivity contribution in [1.82, 2.24) is 4.72 Å². The first-order valence-electron chi connectivity index (χ1n) is 8.02. The van der Waals surface area contributed by atoms with Crippen molar-refractivity contribution in [3.63, 3.8) is 0 Å². The normalized spacial score (nSPS) is 17.4. The Morgan fingerprint density at radius 3 is 2.21 bits per heavy atom. The third-order valence-corrected chi connectivity index (χ3v) is 5.60. The lowest BCUT2D eigenvalue weighted by molar-refractivity contribution is 0.406. The summed E-state index contributed by atoms with van der Waals surface area (Å²) in [6, 6.07) is 15.4. The molecule has 3 rings (SSSR count). The zero-order chi connectivity index (χ0) is 17.0. The van der Waals surface area contributed by atoms with E-state index in [1.807, 2.05) is 30.3 Å². The van der Waals surface area contributed by atoms with Crippen molar-refractivity contribution in [3.8, 4) is 0 Å². The Balaban J connectivity index is 1.85. The van der Waals surface area contributed by atoms with Crippen LogP contribution in [-0.4, -0.2) is 8.42 Å². The fourth-order valence-electron chi connectivity index (χ4n) is 3.24. The van der Waals surface area contributed by atoms with Gasteiger partial charge in [0, 0.05) is 5.41 Å². The molecule has 1 aliphatic carbocycles. The van der Waals surface area contributed by atoms with Crippen molar-refractivity contribution < 1.29 is 12.8 Å². The topological polar surface area (TPSA) is 46.2 Å². The monoisotopic (exact) mass is 345 g/mol. The molecule has 1 saturated carbocycles. The molecule has 0 heterocycles. The van der Waals surface area contributed by atoms with Gasteiger partial charge in [0.2, 0.25) is 10.0 Å². The number of benzene rings is 2. The van der Waals surface area contributed by atoms with Crippen LogP contribution in [0.5, 0.6) is 0 Å². The Morgan fingerprint density at radius 2 is 1.58 bits per heavy atom. The lowest BCUT2D eigenvalue weighted by atomic mass is 9.89. The van der Waals surface area contributed by atoms with Gasteiger partial charge in [-0.25, -0.2) is 17.5 Å². The quantitative estimate of drug-likeness (QED) is 0.883. The van der Waals surface area contributed by atoms with E-state index >= 15 is 0 Å². The Labute approximate surface area is 142 Å². The third kappa shape index (κ3) is 3.91. The summed E-state index contributed by atoms with van der Waals surface area (Å²) < 4.78 is 41.1. The summed E-state index contributed by atoms with van der Waals surface area (Å²) in [5.41, 5.74) is 0.997. The van der Waals surface area contributed by atoms with E-state index < -0.39 is 15.6 Å². The van der Waals surface area contributed by atoms with Crippen LogP contribution in [0.1, 0.15) is 36.8 Å². The molecule has 0 aliphatic heterocycles. The second-order valence-corrected chi connectivity index (χ2v) is 7.72. The van der Waals surface area contributed by atoms with Gasteiger partial charge in [0.1, 0.15) is 5.82 Å². The molecule has 1 aliphatic rings. The van der Waals surface area contributed by atoms with Gasteiger partial charge in [-0.15, -0.1) is 0 Å². The van der Waals surface area contributed by atoms with Crippen LogP contribution in [0.2, 0.25) is 0 Å². The Kier molecular flexibility index (Phi) is 4.83. The standard InChI is InChI=1S/C19H20FNO2S/c20-18-10-8-17(9-11-18)19(13-4-5-14-19)21-24(22,23)15-12-16-6-2-1-3-7-16/h1-3,6-12,15,21H,4-5,13-14H2/b15-12+. The smallest absolute Gasteiger partial charge is 0.208 e. The van der Waals surface area contributed by atoms with Gasteiger partial charge in [-0.2, -0.15) is 0 Å². The summed E-state index contributed by atoms with van der Waals surface area (Å²) in [5, 5.41) is 1.20. The first-order valence-corrected chi connectivity index (χ1v) is 9.57. The van der Waals surface area contributed by atoms with E-state index in [2.05, 4.69) is 4.72 Å². The number of halogens is 1. The molecule has 0 atom stereocenters. The fraction of sp³-hybridized carbons (Fsp3) is 0.263. The minimum absolute atomic E-state index is 0.321. The molecular formula is C19H20FNO2S. The number of nitrogens with one attached hydrogen (secondary N) is 1. The second-order valence-electron chi connectivity index (χ2n) is 6.16. The summed E-state index contributed by atoms with van der Waals surface area (Å²) in [4.78, 5) is 0. The summed E-state index contributed by atoms with van der Waals surface area (Å²) in [5.74, 6) is -0.321. The predicted molar refractivity (Wildman–Crippen MR) is 94.1 cm³/mol. The molecule has 126 valence electrons. The molecule has 0 unspecified atom stereocenters. The van der Waals surface area contributed by atoms with Gasteiger partial charge in [0.25, 0.3) is 0 Å². The highest BCUT2D eigenvalue weighted by molar-refractivity contribution is 7.92. The van der Waals surface area contributed by atoms with E-state index in [0.29, 0.717) is 0 Å². The van der Waals surface area contributed by atoms with Crippen LogP contribution in [0, 0.1) is 5.82 Å². The molecule has 24 heavy (non-hydrogen) atoms. The number of sulfonamides is 1. The van der Waals surface area contributed by atoms with Gasteiger partial charge in [-0.05, 0) is 42.2 Å². The van der Waals surface area contributed by atoms with E-state index in [-0.39, 0.29) is 5.82 Å². The van der Waals surface area contributed by atoms with Crippen LogP contribution >= 0.6 is 0 Å². The molecule has 0 aromatic heterocycles. The van der Waals surface area contributed by atoms with Crippen molar-refractivity contribution in [3.05, 3.63) is 76.9 Å². The Morgan fingerprint density at radius 1 is 0.958 bits per heavy atom. The van der Waals surface area contributed by atoms with E-state index in [1.54, 1.807) is 18.2 Å². The lowest BCUT2D eigenvalue weighted by Gasteiger charge is -2.30. The minimum Gasteiger partial charge on any atom is -0.208 e. The number of hydrogen-bond donors (Lipinski definition) is 1. The largest absolute Gasteiger partial charge is 0.234 e. The highest BCUT2D eigenvalue weighted by Gasteiger charge is 2.38. The average molecular weight is 345 g/mol. The van der Waals surface area contributed by atoms with Gasteiger partial charge >= 0.3 is 0 Å². The SMILES string of the molecule is O=S(=O)(/C=C/c1ccccc1)NC1(c2ccc(F)cc2)CCCC1. The summed E-state index contributed by atoms with van der Waals surface area (Å²) in [6.07, 6.45) is 4.91. The molecule has 5 heteroatoms. The predicted octanol–water partition coefficient (Wildman–Crippen LogP) is 4.19. The van der Waals surface area contributed by atoms with Crippen LogP contribution in [0.4, 0.5) is 4.39 Å². The summed E-state index contributed by atoms with van der Waals surface area (Å²) in [6.45, 7) is 0. The minimum atomic E-state index is -3.60. The lowest BCUT2D eigenvalue weighted by Crippen LogP contribution is -2.42. The van der Waals surface area contributed by atoms with Crippen molar-refractivity contribution in [2.75, 3.05) is 0 Å². The van der Waals surface area contributed by atoms with Crippen LogP contribution in [0.25, 0.3) is 6.08 Å². The molecule has 1 N–H and O–H groups in total. The van der Waals surface area contributed by atoms with Gasteiger partial charge in [-0.1, -0.05) is 55.3 Å². The van der Waals surface area contributed by atoms with Crippen LogP contribution in [0.3, 0.4) is 0 Å². The molecular weight excluding hydrogens is 325 g/mol. The molecule has 3 nitrogen and oxygen atoms in total. The number of rotatable bonds is 5. The van der Waals surface area contributed by atoms with Gasteiger partial charge in [0.15, 0.2) is 0 Å². The fourth-order valence-corrected chi connectivity index (χ4v) is 4.51.